The summed E-state index contributed by atoms with van der Waals surface area (Å²) in [6.07, 6.45) is 6.42. The SMILES string of the molecule is CCC[C@H](c1nnnn1Cc1ccc(F)cc1)N(Cc1cc2cccc(C)c2[nH]c1=O)C1CCCC1. The summed E-state index contributed by atoms with van der Waals surface area (Å²) in [4.78, 5) is 18.8. The Morgan fingerprint density at radius 3 is 2.69 bits per heavy atom. The second-order valence-corrected chi connectivity index (χ2v) is 9.90. The molecule has 0 spiro atoms. The smallest absolute Gasteiger partial charge is 0.252 e. The van der Waals surface area contributed by atoms with Crippen molar-refractivity contribution < 1.29 is 4.39 Å². The van der Waals surface area contributed by atoms with Crippen LogP contribution in [0.15, 0.2) is 53.3 Å². The first-order valence-corrected chi connectivity index (χ1v) is 12.9. The number of H-pyrrole nitrogens is 1. The molecule has 8 heteroatoms. The van der Waals surface area contributed by atoms with Crippen LogP contribution in [0, 0.1) is 12.7 Å². The molecule has 7 nitrogen and oxygen atoms in total. The van der Waals surface area contributed by atoms with Gasteiger partial charge in [0.2, 0.25) is 0 Å². The number of aromatic amines is 1. The van der Waals surface area contributed by atoms with Crippen LogP contribution >= 0.6 is 0 Å². The highest BCUT2D eigenvalue weighted by molar-refractivity contribution is 5.81. The van der Waals surface area contributed by atoms with Gasteiger partial charge in [-0.2, -0.15) is 0 Å². The van der Waals surface area contributed by atoms with E-state index < -0.39 is 0 Å². The van der Waals surface area contributed by atoms with Crippen molar-refractivity contribution >= 4 is 10.9 Å². The highest BCUT2D eigenvalue weighted by atomic mass is 19.1. The van der Waals surface area contributed by atoms with Gasteiger partial charge in [-0.05, 0) is 71.3 Å². The largest absolute Gasteiger partial charge is 0.321 e. The molecule has 2 aromatic heterocycles. The average molecular weight is 489 g/mol. The number of nitrogens with one attached hydrogen (secondary N) is 1. The molecular formula is C28H33FN6O. The maximum absolute atomic E-state index is 13.4. The number of aromatic nitrogens is 5. The Balaban J connectivity index is 1.51. The van der Waals surface area contributed by atoms with Crippen molar-refractivity contribution in [2.75, 3.05) is 0 Å². The van der Waals surface area contributed by atoms with Crippen molar-refractivity contribution in [2.45, 2.75) is 77.5 Å². The van der Waals surface area contributed by atoms with Crippen LogP contribution in [0.2, 0.25) is 0 Å². The number of pyridine rings is 1. The fourth-order valence-electron chi connectivity index (χ4n) is 5.51. The minimum atomic E-state index is -0.261. The molecule has 2 aromatic carbocycles. The molecular weight excluding hydrogens is 455 g/mol. The van der Waals surface area contributed by atoms with Gasteiger partial charge in [-0.25, -0.2) is 9.07 Å². The number of nitrogens with zero attached hydrogens (tertiary/aromatic N) is 5. The summed E-state index contributed by atoms with van der Waals surface area (Å²) in [6.45, 7) is 5.19. The van der Waals surface area contributed by atoms with E-state index >= 15 is 0 Å². The van der Waals surface area contributed by atoms with E-state index in [1.807, 2.05) is 29.8 Å². The van der Waals surface area contributed by atoms with Crippen molar-refractivity contribution in [1.82, 2.24) is 30.1 Å². The second-order valence-electron chi connectivity index (χ2n) is 9.90. The predicted molar refractivity (Wildman–Crippen MR) is 138 cm³/mol. The van der Waals surface area contributed by atoms with Crippen LogP contribution in [-0.2, 0) is 13.1 Å². The van der Waals surface area contributed by atoms with E-state index in [0.29, 0.717) is 19.1 Å². The Morgan fingerprint density at radius 1 is 1.17 bits per heavy atom. The summed E-state index contributed by atoms with van der Waals surface area (Å²) >= 11 is 0. The van der Waals surface area contributed by atoms with Gasteiger partial charge >= 0.3 is 0 Å². The summed E-state index contributed by atoms with van der Waals surface area (Å²) < 4.78 is 15.3. The first kappa shape index (κ1) is 24.3. The van der Waals surface area contributed by atoms with E-state index in [9.17, 15) is 9.18 Å². The molecule has 188 valence electrons. The molecule has 5 rings (SSSR count). The zero-order valence-electron chi connectivity index (χ0n) is 21.0. The third kappa shape index (κ3) is 5.09. The Labute approximate surface area is 210 Å². The van der Waals surface area contributed by atoms with Crippen molar-refractivity contribution in [3.63, 3.8) is 0 Å². The minimum absolute atomic E-state index is 0.0267. The first-order valence-electron chi connectivity index (χ1n) is 12.9. The Bertz CT molecular complexity index is 1370. The maximum Gasteiger partial charge on any atom is 0.252 e. The number of rotatable bonds is 9. The van der Waals surface area contributed by atoms with Crippen LogP contribution in [0.5, 0.6) is 0 Å². The summed E-state index contributed by atoms with van der Waals surface area (Å²) in [5, 5.41) is 13.8. The molecule has 2 heterocycles. The van der Waals surface area contributed by atoms with Crippen molar-refractivity contribution in [2.24, 2.45) is 0 Å². The number of para-hydroxylation sites is 1. The molecule has 1 atom stereocenters. The zero-order valence-corrected chi connectivity index (χ0v) is 21.0. The lowest BCUT2D eigenvalue weighted by atomic mass is 10.0. The van der Waals surface area contributed by atoms with Crippen LogP contribution < -0.4 is 5.56 Å². The van der Waals surface area contributed by atoms with Crippen LogP contribution in [0.3, 0.4) is 0 Å². The molecule has 1 N–H and O–H groups in total. The maximum atomic E-state index is 13.4. The van der Waals surface area contributed by atoms with Crippen molar-refractivity contribution in [3.8, 4) is 0 Å². The fourth-order valence-corrected chi connectivity index (χ4v) is 5.51. The lowest BCUT2D eigenvalue weighted by Crippen LogP contribution is -2.39. The van der Waals surface area contributed by atoms with E-state index in [4.69, 9.17) is 0 Å². The van der Waals surface area contributed by atoms with Gasteiger partial charge in [0.15, 0.2) is 5.82 Å². The van der Waals surface area contributed by atoms with Crippen LogP contribution in [-0.4, -0.2) is 36.1 Å². The first-order chi connectivity index (χ1) is 17.5. The van der Waals surface area contributed by atoms with Gasteiger partial charge in [-0.1, -0.05) is 56.5 Å². The van der Waals surface area contributed by atoms with Gasteiger partial charge in [-0.3, -0.25) is 9.69 Å². The quantitative estimate of drug-likeness (QED) is 0.346. The van der Waals surface area contributed by atoms with E-state index in [2.05, 4.69) is 38.4 Å². The van der Waals surface area contributed by atoms with E-state index in [1.54, 1.807) is 12.1 Å². The number of hydrogen-bond donors (Lipinski definition) is 1. The lowest BCUT2D eigenvalue weighted by molar-refractivity contribution is 0.108. The summed E-state index contributed by atoms with van der Waals surface area (Å²) in [7, 11) is 0. The standard InChI is InChI=1S/C28H33FN6O/c1-3-7-25(27-31-32-33-35(27)17-20-12-14-23(29)15-13-20)34(24-10-4-5-11-24)18-22-16-21-9-6-8-19(2)26(21)30-28(22)36/h6,8-9,12-16,24-25H,3-5,7,10-11,17-18H2,1-2H3,(H,30,36)/t25-/m1/s1. The molecule has 0 bridgehead atoms. The Kier molecular flexibility index (Phi) is 7.23. The molecule has 0 unspecified atom stereocenters. The molecule has 1 fully saturated rings. The van der Waals surface area contributed by atoms with E-state index in [-0.39, 0.29) is 17.4 Å². The number of fused-ring (bicyclic) bond motifs is 1. The number of tetrazole rings is 1. The molecule has 1 aliphatic carbocycles. The molecule has 1 aliphatic rings. The molecule has 0 saturated heterocycles. The number of benzene rings is 2. The Hall–Kier alpha value is -3.39. The summed E-state index contributed by atoms with van der Waals surface area (Å²) in [5.74, 6) is 0.531. The van der Waals surface area contributed by atoms with Crippen molar-refractivity contribution in [3.05, 3.63) is 87.2 Å². The summed E-state index contributed by atoms with van der Waals surface area (Å²) in [5.41, 5.74) is 3.62. The molecule has 4 aromatic rings. The number of halogens is 1. The van der Waals surface area contributed by atoms with Gasteiger partial charge in [0.25, 0.3) is 5.56 Å². The average Bonchev–Trinajstić information content (AvgIpc) is 3.56. The van der Waals surface area contributed by atoms with Gasteiger partial charge in [0, 0.05) is 18.2 Å². The molecule has 0 aliphatic heterocycles. The Morgan fingerprint density at radius 2 is 1.94 bits per heavy atom. The van der Waals surface area contributed by atoms with E-state index in [1.165, 1.54) is 25.0 Å². The zero-order chi connectivity index (χ0) is 25.1. The molecule has 1 saturated carbocycles. The number of aryl methyl sites for hydroxylation is 1. The molecule has 0 amide bonds. The van der Waals surface area contributed by atoms with Gasteiger partial charge in [0.1, 0.15) is 5.82 Å². The van der Waals surface area contributed by atoms with Gasteiger partial charge < -0.3 is 4.98 Å². The van der Waals surface area contributed by atoms with Crippen LogP contribution in [0.25, 0.3) is 10.9 Å². The highest BCUT2D eigenvalue weighted by Crippen LogP contribution is 2.34. The van der Waals surface area contributed by atoms with Crippen LogP contribution in [0.4, 0.5) is 4.39 Å². The van der Waals surface area contributed by atoms with Gasteiger partial charge in [-0.15, -0.1) is 5.10 Å². The third-order valence-corrected chi connectivity index (χ3v) is 7.38. The summed E-state index contributed by atoms with van der Waals surface area (Å²) in [6, 6.07) is 14.9. The minimum Gasteiger partial charge on any atom is -0.321 e. The third-order valence-electron chi connectivity index (χ3n) is 7.38. The topological polar surface area (TPSA) is 79.7 Å². The van der Waals surface area contributed by atoms with Crippen molar-refractivity contribution in [1.29, 1.82) is 0 Å². The number of hydrogen-bond acceptors (Lipinski definition) is 5. The second kappa shape index (κ2) is 10.7. The fraction of sp³-hybridized carbons (Fsp3) is 0.429. The molecule has 0 radical (unpaired) electrons. The monoisotopic (exact) mass is 488 g/mol. The highest BCUT2D eigenvalue weighted by Gasteiger charge is 2.33. The molecule has 36 heavy (non-hydrogen) atoms. The van der Waals surface area contributed by atoms with E-state index in [0.717, 1.165) is 59.1 Å². The van der Waals surface area contributed by atoms with Gasteiger partial charge in [0.05, 0.1) is 18.1 Å². The normalized spacial score (nSPS) is 15.2. The predicted octanol–water partition coefficient (Wildman–Crippen LogP) is 5.30. The lowest BCUT2D eigenvalue weighted by Gasteiger charge is -2.35. The van der Waals surface area contributed by atoms with Crippen LogP contribution in [0.1, 0.15) is 74.0 Å².